The summed E-state index contributed by atoms with van der Waals surface area (Å²) in [7, 11) is 0. The van der Waals surface area contributed by atoms with Crippen LogP contribution in [0.1, 0.15) is 13.3 Å². The van der Waals surface area contributed by atoms with Gasteiger partial charge in [0, 0.05) is 18.8 Å². The van der Waals surface area contributed by atoms with Crippen LogP contribution in [0.15, 0.2) is 43.0 Å². The molecule has 1 aromatic carbocycles. The number of benzene rings is 1. The highest BCUT2D eigenvalue weighted by Crippen LogP contribution is 2.12. The molecule has 1 heteroatoms. The fourth-order valence-electron chi connectivity index (χ4n) is 1.39. The monoisotopic (exact) mass is 175 g/mol. The molecule has 0 aliphatic heterocycles. The van der Waals surface area contributed by atoms with E-state index in [1.807, 2.05) is 12.1 Å². The molecule has 0 aliphatic carbocycles. The van der Waals surface area contributed by atoms with Crippen molar-refractivity contribution in [3.05, 3.63) is 43.0 Å². The van der Waals surface area contributed by atoms with Gasteiger partial charge in [-0.25, -0.2) is 0 Å². The second-order valence-corrected chi connectivity index (χ2v) is 3.07. The van der Waals surface area contributed by atoms with Crippen molar-refractivity contribution < 1.29 is 0 Å². The van der Waals surface area contributed by atoms with Gasteiger partial charge in [-0.3, -0.25) is 0 Å². The number of hydrogen-bond acceptors (Lipinski definition) is 1. The zero-order valence-electron chi connectivity index (χ0n) is 8.24. The van der Waals surface area contributed by atoms with Gasteiger partial charge in [-0.15, -0.1) is 6.58 Å². The molecule has 13 heavy (non-hydrogen) atoms. The van der Waals surface area contributed by atoms with Crippen LogP contribution < -0.4 is 4.90 Å². The minimum atomic E-state index is 0.928. The van der Waals surface area contributed by atoms with E-state index in [1.165, 1.54) is 12.1 Å². The Morgan fingerprint density at radius 1 is 1.31 bits per heavy atom. The van der Waals surface area contributed by atoms with E-state index in [4.69, 9.17) is 0 Å². The highest BCUT2D eigenvalue weighted by molar-refractivity contribution is 5.46. The predicted molar refractivity (Wildman–Crippen MR) is 59.1 cm³/mol. The van der Waals surface area contributed by atoms with Crippen LogP contribution in [0.4, 0.5) is 5.69 Å². The van der Waals surface area contributed by atoms with Gasteiger partial charge >= 0.3 is 0 Å². The van der Waals surface area contributed by atoms with Gasteiger partial charge in [-0.1, -0.05) is 31.2 Å². The summed E-state index contributed by atoms with van der Waals surface area (Å²) >= 11 is 0. The van der Waals surface area contributed by atoms with Gasteiger partial charge < -0.3 is 4.90 Å². The third kappa shape index (κ3) is 2.94. The summed E-state index contributed by atoms with van der Waals surface area (Å²) in [6.45, 7) is 7.98. The van der Waals surface area contributed by atoms with Crippen LogP contribution in [0.25, 0.3) is 0 Å². The van der Waals surface area contributed by atoms with Crippen LogP contribution in [0, 0.1) is 0 Å². The van der Waals surface area contributed by atoms with E-state index in [0.717, 1.165) is 13.1 Å². The SMILES string of the molecule is C=CCN(CCC)c1ccccc1. The maximum absolute atomic E-state index is 3.77. The molecular formula is C12H17N. The highest BCUT2D eigenvalue weighted by Gasteiger charge is 2.00. The van der Waals surface area contributed by atoms with E-state index < -0.39 is 0 Å². The lowest BCUT2D eigenvalue weighted by molar-refractivity contribution is 0.816. The van der Waals surface area contributed by atoms with Crippen molar-refractivity contribution in [3.63, 3.8) is 0 Å². The minimum absolute atomic E-state index is 0.928. The largest absolute Gasteiger partial charge is 0.368 e. The van der Waals surface area contributed by atoms with Crippen molar-refractivity contribution in [3.8, 4) is 0 Å². The van der Waals surface area contributed by atoms with Crippen LogP contribution in [-0.4, -0.2) is 13.1 Å². The van der Waals surface area contributed by atoms with Crippen molar-refractivity contribution in [2.45, 2.75) is 13.3 Å². The third-order valence-electron chi connectivity index (χ3n) is 1.96. The van der Waals surface area contributed by atoms with Crippen LogP contribution in [0.3, 0.4) is 0 Å². The third-order valence-corrected chi connectivity index (χ3v) is 1.96. The van der Waals surface area contributed by atoms with Crippen molar-refractivity contribution in [2.75, 3.05) is 18.0 Å². The smallest absolute Gasteiger partial charge is 0.0368 e. The average molecular weight is 175 g/mol. The summed E-state index contributed by atoms with van der Waals surface area (Å²) in [5.74, 6) is 0. The number of anilines is 1. The molecule has 70 valence electrons. The molecular weight excluding hydrogens is 158 g/mol. The lowest BCUT2D eigenvalue weighted by Gasteiger charge is -2.22. The summed E-state index contributed by atoms with van der Waals surface area (Å²) in [6, 6.07) is 10.5. The maximum Gasteiger partial charge on any atom is 0.0368 e. The van der Waals surface area contributed by atoms with Crippen LogP contribution in [-0.2, 0) is 0 Å². The van der Waals surface area contributed by atoms with Crippen LogP contribution in [0.5, 0.6) is 0 Å². The lowest BCUT2D eigenvalue weighted by atomic mass is 10.2. The number of nitrogens with zero attached hydrogens (tertiary/aromatic N) is 1. The van der Waals surface area contributed by atoms with Gasteiger partial charge in [0.25, 0.3) is 0 Å². The molecule has 0 spiro atoms. The maximum atomic E-state index is 3.77. The van der Waals surface area contributed by atoms with E-state index in [9.17, 15) is 0 Å². The molecule has 1 rings (SSSR count). The van der Waals surface area contributed by atoms with Gasteiger partial charge in [0.05, 0.1) is 0 Å². The Balaban J connectivity index is 2.69. The topological polar surface area (TPSA) is 3.24 Å². The minimum Gasteiger partial charge on any atom is -0.368 e. The summed E-state index contributed by atoms with van der Waals surface area (Å²) in [5.41, 5.74) is 1.28. The van der Waals surface area contributed by atoms with Crippen molar-refractivity contribution in [2.24, 2.45) is 0 Å². The molecule has 0 radical (unpaired) electrons. The second-order valence-electron chi connectivity index (χ2n) is 3.07. The highest BCUT2D eigenvalue weighted by atomic mass is 15.1. The van der Waals surface area contributed by atoms with E-state index in [1.54, 1.807) is 0 Å². The molecule has 0 saturated carbocycles. The van der Waals surface area contributed by atoms with E-state index in [-0.39, 0.29) is 0 Å². The summed E-state index contributed by atoms with van der Waals surface area (Å²) in [5, 5.41) is 0. The van der Waals surface area contributed by atoms with Gasteiger partial charge in [0.1, 0.15) is 0 Å². The molecule has 1 aromatic rings. The average Bonchev–Trinajstić information content (AvgIpc) is 2.19. The van der Waals surface area contributed by atoms with Gasteiger partial charge in [-0.05, 0) is 18.6 Å². The normalized spacial score (nSPS) is 9.62. The fourth-order valence-corrected chi connectivity index (χ4v) is 1.39. The Hall–Kier alpha value is -1.24. The number of para-hydroxylation sites is 1. The number of rotatable bonds is 5. The molecule has 0 atom stereocenters. The van der Waals surface area contributed by atoms with E-state index in [0.29, 0.717) is 0 Å². The molecule has 0 unspecified atom stereocenters. The fraction of sp³-hybridized carbons (Fsp3) is 0.333. The first-order valence-electron chi connectivity index (χ1n) is 4.79. The van der Waals surface area contributed by atoms with E-state index >= 15 is 0 Å². The van der Waals surface area contributed by atoms with Crippen molar-refractivity contribution in [1.29, 1.82) is 0 Å². The molecule has 0 aromatic heterocycles. The van der Waals surface area contributed by atoms with Gasteiger partial charge in [0.15, 0.2) is 0 Å². The molecule has 0 aliphatic rings. The van der Waals surface area contributed by atoms with Crippen LogP contribution in [0.2, 0.25) is 0 Å². The lowest BCUT2D eigenvalue weighted by Crippen LogP contribution is -2.23. The first-order chi connectivity index (χ1) is 6.38. The van der Waals surface area contributed by atoms with Gasteiger partial charge in [0.2, 0.25) is 0 Å². The Labute approximate surface area is 80.7 Å². The van der Waals surface area contributed by atoms with Crippen molar-refractivity contribution >= 4 is 5.69 Å². The predicted octanol–water partition coefficient (Wildman–Crippen LogP) is 3.09. The summed E-state index contributed by atoms with van der Waals surface area (Å²) in [4.78, 5) is 2.33. The Kier molecular flexibility index (Phi) is 4.10. The summed E-state index contributed by atoms with van der Waals surface area (Å²) < 4.78 is 0. The zero-order chi connectivity index (χ0) is 9.52. The first kappa shape index (κ1) is 9.85. The van der Waals surface area contributed by atoms with Crippen molar-refractivity contribution in [1.82, 2.24) is 0 Å². The zero-order valence-corrected chi connectivity index (χ0v) is 8.24. The first-order valence-corrected chi connectivity index (χ1v) is 4.79. The van der Waals surface area contributed by atoms with Gasteiger partial charge in [-0.2, -0.15) is 0 Å². The quantitative estimate of drug-likeness (QED) is 0.622. The molecule has 0 saturated heterocycles. The molecule has 1 nitrogen and oxygen atoms in total. The van der Waals surface area contributed by atoms with Crippen LogP contribution >= 0.6 is 0 Å². The number of hydrogen-bond donors (Lipinski definition) is 0. The Bertz CT molecular complexity index is 241. The molecule has 0 fully saturated rings. The molecule has 0 N–H and O–H groups in total. The second kappa shape index (κ2) is 5.41. The Morgan fingerprint density at radius 3 is 2.54 bits per heavy atom. The molecule has 0 heterocycles. The standard InChI is InChI=1S/C12H17N/c1-3-10-13(11-4-2)12-8-6-5-7-9-12/h3,5-9H,1,4,10-11H2,2H3. The summed E-state index contributed by atoms with van der Waals surface area (Å²) in [6.07, 6.45) is 3.12. The molecule has 0 amide bonds. The molecule has 0 bridgehead atoms. The Morgan fingerprint density at radius 2 is 2.00 bits per heavy atom. The van der Waals surface area contributed by atoms with E-state index in [2.05, 4.69) is 42.7 Å².